The average Bonchev–Trinajstić information content (AvgIpc) is 3.48. The highest BCUT2D eigenvalue weighted by molar-refractivity contribution is 8.02. The normalized spacial score (nSPS) is 28.7. The number of fused-ring (bicyclic) bond motifs is 1. The molecule has 0 aliphatic carbocycles. The van der Waals surface area contributed by atoms with E-state index in [0.717, 1.165) is 6.42 Å². The van der Waals surface area contributed by atoms with Crippen molar-refractivity contribution in [1.82, 2.24) is 9.80 Å². The second-order valence-corrected chi connectivity index (χ2v) is 11.4. The molecule has 1 aromatic carbocycles. The molecule has 2 bridgehead atoms. The zero-order valence-corrected chi connectivity index (χ0v) is 21.5. The third kappa shape index (κ3) is 4.19. The number of rotatable bonds is 10. The number of amides is 3. The molecule has 5 atom stereocenters. The van der Waals surface area contributed by atoms with Gasteiger partial charge in [0.2, 0.25) is 11.8 Å². The molecular weight excluding hydrogens is 486 g/mol. The molecule has 3 fully saturated rings. The van der Waals surface area contributed by atoms with Crippen molar-refractivity contribution in [3.8, 4) is 0 Å². The number of nitrogens with zero attached hydrogens (tertiary/aromatic N) is 3. The number of likely N-dealkylation sites (N-methyl/N-ethyl adjacent to an activating group) is 1. The molecule has 35 heavy (non-hydrogen) atoms. The highest BCUT2D eigenvalue weighted by atomic mass is 35.5. The van der Waals surface area contributed by atoms with E-state index < -0.39 is 22.6 Å². The SMILES string of the molecule is C=CCN(C)C(=O)[C@@H]1[C@H]2C(=O)N(CCCO)C(C(=O)N(CC=C)c3ccccc3Cl)C23CC[C@H]1S3. The molecule has 2 unspecified atom stereocenters. The molecule has 4 rings (SSSR count). The van der Waals surface area contributed by atoms with Gasteiger partial charge in [-0.3, -0.25) is 14.4 Å². The predicted molar refractivity (Wildman–Crippen MR) is 139 cm³/mol. The molecule has 1 spiro atoms. The molecule has 0 aromatic heterocycles. The second-order valence-electron chi connectivity index (χ2n) is 9.36. The Morgan fingerprint density at radius 3 is 2.63 bits per heavy atom. The zero-order chi connectivity index (χ0) is 25.3. The Balaban J connectivity index is 1.77. The molecule has 3 saturated heterocycles. The third-order valence-electron chi connectivity index (χ3n) is 7.38. The van der Waals surface area contributed by atoms with E-state index >= 15 is 0 Å². The Labute approximate surface area is 215 Å². The van der Waals surface area contributed by atoms with Gasteiger partial charge >= 0.3 is 0 Å². The summed E-state index contributed by atoms with van der Waals surface area (Å²) in [5.41, 5.74) is 0.560. The van der Waals surface area contributed by atoms with E-state index in [0.29, 0.717) is 30.1 Å². The predicted octanol–water partition coefficient (Wildman–Crippen LogP) is 2.98. The molecule has 188 valence electrons. The fraction of sp³-hybridized carbons (Fsp3) is 0.500. The topological polar surface area (TPSA) is 81.2 Å². The van der Waals surface area contributed by atoms with Gasteiger partial charge in [-0.25, -0.2) is 0 Å². The van der Waals surface area contributed by atoms with Crippen molar-refractivity contribution in [3.05, 3.63) is 54.6 Å². The molecule has 9 heteroatoms. The number of benzene rings is 1. The van der Waals surface area contributed by atoms with Crippen LogP contribution >= 0.6 is 23.4 Å². The smallest absolute Gasteiger partial charge is 0.251 e. The van der Waals surface area contributed by atoms with Crippen LogP contribution in [0.5, 0.6) is 0 Å². The average molecular weight is 518 g/mol. The highest BCUT2D eigenvalue weighted by Gasteiger charge is 2.73. The number of hydrogen-bond donors (Lipinski definition) is 1. The lowest BCUT2D eigenvalue weighted by atomic mass is 9.70. The lowest BCUT2D eigenvalue weighted by Gasteiger charge is -2.37. The Hall–Kier alpha value is -2.29. The summed E-state index contributed by atoms with van der Waals surface area (Å²) < 4.78 is -0.690. The summed E-state index contributed by atoms with van der Waals surface area (Å²) in [7, 11) is 1.72. The van der Waals surface area contributed by atoms with Crippen LogP contribution in [0.15, 0.2) is 49.6 Å². The van der Waals surface area contributed by atoms with E-state index in [1.54, 1.807) is 63.9 Å². The summed E-state index contributed by atoms with van der Waals surface area (Å²) >= 11 is 8.10. The first-order valence-corrected chi connectivity index (χ1v) is 13.2. The van der Waals surface area contributed by atoms with Crippen LogP contribution in [0.2, 0.25) is 5.02 Å². The second kappa shape index (κ2) is 10.4. The van der Waals surface area contributed by atoms with Crippen molar-refractivity contribution < 1.29 is 19.5 Å². The number of hydrogen-bond acceptors (Lipinski definition) is 5. The van der Waals surface area contributed by atoms with Gasteiger partial charge in [0.25, 0.3) is 5.91 Å². The number of halogens is 1. The van der Waals surface area contributed by atoms with Crippen LogP contribution in [-0.2, 0) is 14.4 Å². The van der Waals surface area contributed by atoms with E-state index in [4.69, 9.17) is 11.6 Å². The van der Waals surface area contributed by atoms with Crippen molar-refractivity contribution in [2.45, 2.75) is 35.3 Å². The van der Waals surface area contributed by atoms with E-state index in [-0.39, 0.29) is 42.7 Å². The van der Waals surface area contributed by atoms with Crippen molar-refractivity contribution in [1.29, 1.82) is 0 Å². The molecular formula is C26H32ClN3O4S. The number of para-hydroxylation sites is 1. The number of carbonyl (C=O) groups is 3. The van der Waals surface area contributed by atoms with Gasteiger partial charge in [-0.2, -0.15) is 0 Å². The standard InChI is InChI=1S/C26H32ClN3O4S/c1-4-13-28(3)23(32)20-19-11-12-26(35-19)21(20)24(33)30(15-8-16-31)22(26)25(34)29(14-5-2)18-10-7-6-9-17(18)27/h4-7,9-10,19-22,31H,1-2,8,11-16H2,3H3/t19-,20+,21+,22?,26?/m1/s1. The van der Waals surface area contributed by atoms with Crippen LogP contribution in [-0.4, -0.2) is 82.0 Å². The van der Waals surface area contributed by atoms with Gasteiger partial charge in [0, 0.05) is 38.5 Å². The minimum absolute atomic E-state index is 0.00725. The van der Waals surface area contributed by atoms with Crippen molar-refractivity contribution >= 4 is 46.8 Å². The van der Waals surface area contributed by atoms with Gasteiger partial charge in [0.05, 0.1) is 27.3 Å². The highest BCUT2D eigenvalue weighted by Crippen LogP contribution is 2.66. The molecule has 3 aliphatic rings. The van der Waals surface area contributed by atoms with Crippen LogP contribution < -0.4 is 4.90 Å². The van der Waals surface area contributed by atoms with E-state index in [2.05, 4.69) is 13.2 Å². The molecule has 7 nitrogen and oxygen atoms in total. The maximum absolute atomic E-state index is 14.3. The van der Waals surface area contributed by atoms with E-state index in [1.165, 1.54) is 0 Å². The lowest BCUT2D eigenvalue weighted by molar-refractivity contribution is -0.143. The number of aliphatic hydroxyl groups is 1. The van der Waals surface area contributed by atoms with Crippen LogP contribution in [0.25, 0.3) is 0 Å². The summed E-state index contributed by atoms with van der Waals surface area (Å²) in [5, 5.41) is 9.94. The fourth-order valence-electron chi connectivity index (χ4n) is 5.99. The summed E-state index contributed by atoms with van der Waals surface area (Å²) in [6.07, 6.45) is 5.12. The van der Waals surface area contributed by atoms with Crippen molar-refractivity contribution in [2.24, 2.45) is 11.8 Å². The van der Waals surface area contributed by atoms with Crippen LogP contribution in [0.1, 0.15) is 19.3 Å². The van der Waals surface area contributed by atoms with Crippen molar-refractivity contribution in [2.75, 3.05) is 38.2 Å². The summed E-state index contributed by atoms with van der Waals surface area (Å²) in [4.78, 5) is 46.4. The molecule has 0 radical (unpaired) electrons. The molecule has 1 aromatic rings. The first-order valence-electron chi connectivity index (χ1n) is 11.9. The third-order valence-corrected chi connectivity index (χ3v) is 9.65. The fourth-order valence-corrected chi connectivity index (χ4v) is 8.43. The van der Waals surface area contributed by atoms with E-state index in [1.807, 2.05) is 6.07 Å². The maximum atomic E-state index is 14.3. The summed E-state index contributed by atoms with van der Waals surface area (Å²) in [6, 6.07) is 6.37. The van der Waals surface area contributed by atoms with Gasteiger partial charge in [-0.05, 0) is 31.4 Å². The minimum Gasteiger partial charge on any atom is -0.396 e. The first kappa shape index (κ1) is 25.8. The molecule has 3 amide bonds. The number of aliphatic hydroxyl groups excluding tert-OH is 1. The summed E-state index contributed by atoms with van der Waals surface area (Å²) in [6.45, 7) is 8.34. The van der Waals surface area contributed by atoms with Crippen LogP contribution in [0, 0.1) is 11.8 Å². The Morgan fingerprint density at radius 1 is 1.26 bits per heavy atom. The first-order chi connectivity index (χ1) is 16.8. The lowest BCUT2D eigenvalue weighted by Crippen LogP contribution is -2.55. The van der Waals surface area contributed by atoms with Crippen LogP contribution in [0.4, 0.5) is 5.69 Å². The monoisotopic (exact) mass is 517 g/mol. The number of likely N-dealkylation sites (tertiary alicyclic amines) is 1. The Bertz CT molecular complexity index is 1040. The Kier molecular flexibility index (Phi) is 7.64. The largest absolute Gasteiger partial charge is 0.396 e. The quantitative estimate of drug-likeness (QED) is 0.483. The number of thioether (sulfide) groups is 1. The molecule has 3 heterocycles. The van der Waals surface area contributed by atoms with Gasteiger partial charge in [0.1, 0.15) is 6.04 Å². The number of carbonyl (C=O) groups excluding carboxylic acids is 3. The Morgan fingerprint density at radius 2 is 1.97 bits per heavy atom. The van der Waals surface area contributed by atoms with Gasteiger partial charge < -0.3 is 19.8 Å². The van der Waals surface area contributed by atoms with E-state index in [9.17, 15) is 19.5 Å². The zero-order valence-electron chi connectivity index (χ0n) is 19.9. The summed E-state index contributed by atoms with van der Waals surface area (Å²) in [5.74, 6) is -1.53. The minimum atomic E-state index is -0.750. The van der Waals surface area contributed by atoms with Gasteiger partial charge in [-0.1, -0.05) is 35.9 Å². The molecule has 3 aliphatic heterocycles. The van der Waals surface area contributed by atoms with Gasteiger partial charge in [-0.15, -0.1) is 24.9 Å². The molecule has 0 saturated carbocycles. The maximum Gasteiger partial charge on any atom is 0.251 e. The molecule has 1 N–H and O–H groups in total. The van der Waals surface area contributed by atoms with Crippen LogP contribution in [0.3, 0.4) is 0 Å². The number of anilines is 1. The van der Waals surface area contributed by atoms with Gasteiger partial charge in [0.15, 0.2) is 0 Å². The van der Waals surface area contributed by atoms with Crippen molar-refractivity contribution in [3.63, 3.8) is 0 Å².